The Morgan fingerprint density at radius 3 is 2.15 bits per heavy atom. The van der Waals surface area contributed by atoms with E-state index in [0.717, 1.165) is 5.39 Å². The van der Waals surface area contributed by atoms with E-state index in [1.54, 1.807) is 30.3 Å². The van der Waals surface area contributed by atoms with Gasteiger partial charge in [-0.15, -0.1) is 0 Å². The number of hydrogen-bond donors (Lipinski definition) is 2. The molecule has 9 nitrogen and oxygen atoms in total. The van der Waals surface area contributed by atoms with Gasteiger partial charge >= 0.3 is 0 Å². The van der Waals surface area contributed by atoms with E-state index in [1.807, 2.05) is 0 Å². The molecule has 3 aromatic heterocycles. The van der Waals surface area contributed by atoms with E-state index in [2.05, 4.69) is 35.0 Å². The number of carbonyl (C=O) groups is 2. The third-order valence-corrected chi connectivity index (χ3v) is 3.53. The number of nitrogens with zero attached hydrogens (tertiary/aromatic N) is 3. The lowest BCUT2D eigenvalue weighted by Gasteiger charge is -2.07. The van der Waals surface area contributed by atoms with Gasteiger partial charge in [-0.05, 0) is 30.3 Å². The summed E-state index contributed by atoms with van der Waals surface area (Å²) in [6, 6.07) is 11.6. The van der Waals surface area contributed by atoms with Gasteiger partial charge in [0.25, 0.3) is 11.8 Å². The Morgan fingerprint density at radius 2 is 1.50 bits per heavy atom. The van der Waals surface area contributed by atoms with Crippen LogP contribution in [0.25, 0.3) is 10.9 Å². The predicted octanol–water partition coefficient (Wildman–Crippen LogP) is 2.72. The van der Waals surface area contributed by atoms with E-state index in [-0.39, 0.29) is 17.3 Å². The summed E-state index contributed by atoms with van der Waals surface area (Å²) in [6.07, 6.45) is 2.64. The average molecular weight is 349 g/mol. The van der Waals surface area contributed by atoms with Crippen LogP contribution in [0, 0.1) is 0 Å². The van der Waals surface area contributed by atoms with E-state index >= 15 is 0 Å². The second kappa shape index (κ2) is 6.48. The predicted molar refractivity (Wildman–Crippen MR) is 90.7 cm³/mol. The van der Waals surface area contributed by atoms with E-state index in [0.29, 0.717) is 17.0 Å². The third kappa shape index (κ3) is 3.13. The summed E-state index contributed by atoms with van der Waals surface area (Å²) in [5, 5.41) is 13.3. The molecule has 2 amide bonds. The summed E-state index contributed by atoms with van der Waals surface area (Å²) in [6.45, 7) is 0. The summed E-state index contributed by atoms with van der Waals surface area (Å²) < 4.78 is 9.29. The fourth-order valence-corrected chi connectivity index (χ4v) is 2.31. The molecule has 0 radical (unpaired) electrons. The highest BCUT2D eigenvalue weighted by molar-refractivity contribution is 6.04. The van der Waals surface area contributed by atoms with Crippen LogP contribution in [0.1, 0.15) is 21.0 Å². The molecule has 4 aromatic rings. The first kappa shape index (κ1) is 15.5. The van der Waals surface area contributed by atoms with Gasteiger partial charge in [-0.3, -0.25) is 9.59 Å². The van der Waals surface area contributed by atoms with Crippen LogP contribution in [0.5, 0.6) is 0 Å². The van der Waals surface area contributed by atoms with Crippen molar-refractivity contribution in [1.82, 2.24) is 15.3 Å². The number of nitrogens with one attached hydrogen (secondary N) is 2. The van der Waals surface area contributed by atoms with Crippen LogP contribution in [0.3, 0.4) is 0 Å². The number of amides is 2. The minimum absolute atomic E-state index is 0.165. The zero-order valence-electron chi connectivity index (χ0n) is 13.2. The molecule has 0 fully saturated rings. The Kier molecular flexibility index (Phi) is 3.86. The molecule has 0 saturated carbocycles. The lowest BCUT2D eigenvalue weighted by Crippen LogP contribution is -2.13. The minimum Gasteiger partial charge on any atom is -0.364 e. The highest BCUT2D eigenvalue weighted by atomic mass is 16.5. The first-order valence-corrected chi connectivity index (χ1v) is 7.53. The van der Waals surface area contributed by atoms with Crippen molar-refractivity contribution in [3.05, 3.63) is 66.4 Å². The summed E-state index contributed by atoms with van der Waals surface area (Å²) in [7, 11) is 0. The molecule has 128 valence electrons. The van der Waals surface area contributed by atoms with Crippen LogP contribution in [-0.2, 0) is 0 Å². The molecule has 1 aromatic carbocycles. The van der Waals surface area contributed by atoms with Crippen molar-refractivity contribution in [3.8, 4) is 0 Å². The summed E-state index contributed by atoms with van der Waals surface area (Å²) in [5.41, 5.74) is 1.60. The van der Waals surface area contributed by atoms with Gasteiger partial charge in [0, 0.05) is 23.2 Å². The number of pyridine rings is 1. The lowest BCUT2D eigenvalue weighted by molar-refractivity contribution is 0.101. The van der Waals surface area contributed by atoms with Crippen LogP contribution >= 0.6 is 0 Å². The standard InChI is InChI=1S/C17H11N5O4/c23-16(13-5-7-25-21-13)18-11-2-3-12-10(9-11)1-4-15(19-12)20-17(24)14-6-8-26-22-14/h1-9H,(H,18,23)(H,19,20,24). The molecule has 2 N–H and O–H groups in total. The highest BCUT2D eigenvalue weighted by Crippen LogP contribution is 2.20. The third-order valence-electron chi connectivity index (χ3n) is 3.53. The molecule has 0 saturated heterocycles. The maximum absolute atomic E-state index is 12.0. The zero-order chi connectivity index (χ0) is 17.9. The summed E-state index contributed by atoms with van der Waals surface area (Å²) in [4.78, 5) is 28.3. The van der Waals surface area contributed by atoms with Gasteiger partial charge in [0.2, 0.25) is 0 Å². The molecule has 0 aliphatic carbocycles. The van der Waals surface area contributed by atoms with E-state index in [4.69, 9.17) is 0 Å². The van der Waals surface area contributed by atoms with Gasteiger partial charge in [-0.2, -0.15) is 0 Å². The van der Waals surface area contributed by atoms with Gasteiger partial charge in [0.15, 0.2) is 11.4 Å². The highest BCUT2D eigenvalue weighted by Gasteiger charge is 2.12. The monoisotopic (exact) mass is 349 g/mol. The maximum Gasteiger partial charge on any atom is 0.278 e. The van der Waals surface area contributed by atoms with Gasteiger partial charge in [-0.1, -0.05) is 10.3 Å². The van der Waals surface area contributed by atoms with E-state index in [1.165, 1.54) is 24.7 Å². The topological polar surface area (TPSA) is 123 Å². The second-order valence-electron chi connectivity index (χ2n) is 5.28. The van der Waals surface area contributed by atoms with Crippen molar-refractivity contribution in [2.24, 2.45) is 0 Å². The molecule has 0 atom stereocenters. The molecule has 9 heteroatoms. The van der Waals surface area contributed by atoms with Crippen LogP contribution in [0.2, 0.25) is 0 Å². The molecule has 0 aliphatic rings. The number of anilines is 2. The molecule has 0 aliphatic heterocycles. The Hall–Kier alpha value is -4.01. The summed E-state index contributed by atoms with van der Waals surface area (Å²) >= 11 is 0. The van der Waals surface area contributed by atoms with Crippen molar-refractivity contribution >= 4 is 34.2 Å². The van der Waals surface area contributed by atoms with Crippen molar-refractivity contribution in [2.75, 3.05) is 10.6 Å². The SMILES string of the molecule is O=C(Nc1ccc2nc(NC(=O)c3ccon3)ccc2c1)c1ccon1. The van der Waals surface area contributed by atoms with Crippen molar-refractivity contribution < 1.29 is 18.6 Å². The van der Waals surface area contributed by atoms with Crippen molar-refractivity contribution in [1.29, 1.82) is 0 Å². The van der Waals surface area contributed by atoms with Gasteiger partial charge in [-0.25, -0.2) is 4.98 Å². The molecule has 3 heterocycles. The smallest absolute Gasteiger partial charge is 0.278 e. The van der Waals surface area contributed by atoms with Crippen molar-refractivity contribution in [2.45, 2.75) is 0 Å². The molecule has 4 rings (SSSR count). The van der Waals surface area contributed by atoms with Gasteiger partial charge < -0.3 is 19.7 Å². The van der Waals surface area contributed by atoms with Crippen LogP contribution in [0.15, 0.2) is 64.0 Å². The number of aromatic nitrogens is 3. The average Bonchev–Trinajstić information content (AvgIpc) is 3.35. The second-order valence-corrected chi connectivity index (χ2v) is 5.28. The van der Waals surface area contributed by atoms with Crippen LogP contribution < -0.4 is 10.6 Å². The Morgan fingerprint density at radius 1 is 0.808 bits per heavy atom. The van der Waals surface area contributed by atoms with Gasteiger partial charge in [0.05, 0.1) is 5.52 Å². The summed E-state index contributed by atoms with van der Waals surface area (Å²) in [5.74, 6) is -0.408. The first-order valence-electron chi connectivity index (χ1n) is 7.53. The van der Waals surface area contributed by atoms with Crippen LogP contribution in [-0.4, -0.2) is 27.1 Å². The molecular formula is C17H11N5O4. The fraction of sp³-hybridized carbons (Fsp3) is 0. The number of benzene rings is 1. The lowest BCUT2D eigenvalue weighted by atomic mass is 10.2. The number of rotatable bonds is 4. The maximum atomic E-state index is 12.0. The van der Waals surface area contributed by atoms with Crippen molar-refractivity contribution in [3.63, 3.8) is 0 Å². The van der Waals surface area contributed by atoms with Crippen LogP contribution in [0.4, 0.5) is 11.5 Å². The Bertz CT molecular complexity index is 986. The largest absolute Gasteiger partial charge is 0.364 e. The Balaban J connectivity index is 1.52. The molecule has 0 bridgehead atoms. The minimum atomic E-state index is -0.415. The molecule has 26 heavy (non-hydrogen) atoms. The van der Waals surface area contributed by atoms with E-state index < -0.39 is 5.91 Å². The molecule has 0 spiro atoms. The molecular weight excluding hydrogens is 338 g/mol. The first-order chi connectivity index (χ1) is 12.7. The molecule has 0 unspecified atom stereocenters. The van der Waals surface area contributed by atoms with E-state index in [9.17, 15) is 9.59 Å². The van der Waals surface area contributed by atoms with Gasteiger partial charge in [0.1, 0.15) is 18.3 Å². The zero-order valence-corrected chi connectivity index (χ0v) is 13.2. The number of carbonyl (C=O) groups excluding carboxylic acids is 2. The normalized spacial score (nSPS) is 10.6. The quantitative estimate of drug-likeness (QED) is 0.580. The number of fused-ring (bicyclic) bond motifs is 1. The fourth-order valence-electron chi connectivity index (χ4n) is 2.31. The number of hydrogen-bond acceptors (Lipinski definition) is 7. The Labute approximate surface area is 146 Å².